The maximum atomic E-state index is 12.3. The topological polar surface area (TPSA) is 58.6 Å². The molecule has 1 aliphatic rings. The van der Waals surface area contributed by atoms with E-state index in [1.807, 2.05) is 44.2 Å². The zero-order chi connectivity index (χ0) is 15.7. The molecule has 0 radical (unpaired) electrons. The van der Waals surface area contributed by atoms with E-state index in [4.69, 9.17) is 4.74 Å². The SMILES string of the molecule is CC1(C)OC(=O)[C@H](c2ccc(O)cc2)N[C@H]1c1ccccc1. The minimum atomic E-state index is -0.633. The van der Waals surface area contributed by atoms with E-state index in [0.29, 0.717) is 0 Å². The van der Waals surface area contributed by atoms with Crippen LogP contribution < -0.4 is 5.32 Å². The number of cyclic esters (lactones) is 1. The lowest BCUT2D eigenvalue weighted by Crippen LogP contribution is -2.52. The monoisotopic (exact) mass is 297 g/mol. The molecule has 0 unspecified atom stereocenters. The van der Waals surface area contributed by atoms with Crippen molar-refractivity contribution in [1.82, 2.24) is 5.32 Å². The molecule has 2 N–H and O–H groups in total. The predicted octanol–water partition coefficient (Wildman–Crippen LogP) is 3.10. The van der Waals surface area contributed by atoms with Crippen LogP contribution in [0.1, 0.15) is 37.1 Å². The van der Waals surface area contributed by atoms with E-state index >= 15 is 0 Å². The molecule has 0 saturated carbocycles. The van der Waals surface area contributed by atoms with E-state index in [0.717, 1.165) is 11.1 Å². The van der Waals surface area contributed by atoms with Crippen molar-refractivity contribution in [2.24, 2.45) is 0 Å². The molecule has 4 heteroatoms. The molecular formula is C18H19NO3. The molecule has 0 spiro atoms. The molecule has 4 nitrogen and oxygen atoms in total. The zero-order valence-corrected chi connectivity index (χ0v) is 12.6. The molecule has 1 saturated heterocycles. The highest BCUT2D eigenvalue weighted by atomic mass is 16.6. The molecule has 2 aromatic rings. The highest BCUT2D eigenvalue weighted by Gasteiger charge is 2.43. The third-order valence-electron chi connectivity index (χ3n) is 3.99. The third kappa shape index (κ3) is 2.70. The number of aromatic hydroxyl groups is 1. The first-order chi connectivity index (χ1) is 10.5. The Kier molecular flexibility index (Phi) is 3.62. The Morgan fingerprint density at radius 1 is 1.00 bits per heavy atom. The Bertz CT molecular complexity index is 664. The normalized spacial score (nSPS) is 23.8. The number of nitrogens with one attached hydrogen (secondary N) is 1. The Morgan fingerprint density at radius 3 is 2.27 bits per heavy atom. The van der Waals surface area contributed by atoms with E-state index in [1.54, 1.807) is 24.3 Å². The second-order valence-corrected chi connectivity index (χ2v) is 6.06. The molecule has 1 aliphatic heterocycles. The van der Waals surface area contributed by atoms with Crippen molar-refractivity contribution < 1.29 is 14.6 Å². The summed E-state index contributed by atoms with van der Waals surface area (Å²) >= 11 is 0. The molecule has 0 amide bonds. The lowest BCUT2D eigenvalue weighted by molar-refractivity contribution is -0.172. The Labute approximate surface area is 129 Å². The quantitative estimate of drug-likeness (QED) is 0.836. The summed E-state index contributed by atoms with van der Waals surface area (Å²) in [6.45, 7) is 3.81. The second kappa shape index (κ2) is 5.46. The summed E-state index contributed by atoms with van der Waals surface area (Å²) < 4.78 is 5.67. The van der Waals surface area contributed by atoms with Gasteiger partial charge in [0.05, 0.1) is 6.04 Å². The summed E-state index contributed by atoms with van der Waals surface area (Å²) in [7, 11) is 0. The van der Waals surface area contributed by atoms with Crippen molar-refractivity contribution in [2.45, 2.75) is 31.5 Å². The number of ether oxygens (including phenoxy) is 1. The number of hydrogen-bond donors (Lipinski definition) is 2. The fraction of sp³-hybridized carbons (Fsp3) is 0.278. The van der Waals surface area contributed by atoms with Gasteiger partial charge in [0.2, 0.25) is 0 Å². The summed E-state index contributed by atoms with van der Waals surface area (Å²) in [6.07, 6.45) is 0. The molecule has 1 heterocycles. The number of morpholine rings is 1. The van der Waals surface area contributed by atoms with Crippen molar-refractivity contribution in [2.75, 3.05) is 0 Å². The minimum Gasteiger partial charge on any atom is -0.508 e. The number of esters is 1. The molecule has 3 rings (SSSR count). The van der Waals surface area contributed by atoms with Gasteiger partial charge in [-0.15, -0.1) is 0 Å². The lowest BCUT2D eigenvalue weighted by Gasteiger charge is -2.42. The number of carbonyl (C=O) groups is 1. The maximum Gasteiger partial charge on any atom is 0.328 e. The fourth-order valence-electron chi connectivity index (χ4n) is 2.85. The van der Waals surface area contributed by atoms with Crippen LogP contribution >= 0.6 is 0 Å². The van der Waals surface area contributed by atoms with Gasteiger partial charge in [-0.3, -0.25) is 5.32 Å². The van der Waals surface area contributed by atoms with Gasteiger partial charge >= 0.3 is 5.97 Å². The molecule has 2 aromatic carbocycles. The maximum absolute atomic E-state index is 12.3. The Hall–Kier alpha value is -2.33. The fourth-order valence-corrected chi connectivity index (χ4v) is 2.85. The smallest absolute Gasteiger partial charge is 0.328 e. The summed E-state index contributed by atoms with van der Waals surface area (Å²) in [5.74, 6) is -0.129. The summed E-state index contributed by atoms with van der Waals surface area (Å²) in [4.78, 5) is 12.3. The zero-order valence-electron chi connectivity index (χ0n) is 12.6. The first kappa shape index (κ1) is 14.6. The van der Waals surface area contributed by atoms with Gasteiger partial charge in [-0.2, -0.15) is 0 Å². The summed E-state index contributed by atoms with van der Waals surface area (Å²) in [5, 5.41) is 12.8. The van der Waals surface area contributed by atoms with Crippen LogP contribution in [0.4, 0.5) is 0 Å². The minimum absolute atomic E-state index is 0.106. The van der Waals surface area contributed by atoms with Crippen LogP contribution in [0.2, 0.25) is 0 Å². The first-order valence-corrected chi connectivity index (χ1v) is 7.30. The molecular weight excluding hydrogens is 278 g/mol. The number of carbonyl (C=O) groups excluding carboxylic acids is 1. The largest absolute Gasteiger partial charge is 0.508 e. The van der Waals surface area contributed by atoms with Crippen molar-refractivity contribution in [3.63, 3.8) is 0 Å². The Balaban J connectivity index is 1.94. The molecule has 0 aliphatic carbocycles. The predicted molar refractivity (Wildman–Crippen MR) is 83.3 cm³/mol. The van der Waals surface area contributed by atoms with Gasteiger partial charge in [0, 0.05) is 0 Å². The highest BCUT2D eigenvalue weighted by molar-refractivity contribution is 5.79. The number of benzene rings is 2. The van der Waals surface area contributed by atoms with Gasteiger partial charge < -0.3 is 9.84 Å². The van der Waals surface area contributed by atoms with Gasteiger partial charge in [-0.25, -0.2) is 4.79 Å². The van der Waals surface area contributed by atoms with Gasteiger partial charge in [-0.1, -0.05) is 42.5 Å². The Morgan fingerprint density at radius 2 is 1.64 bits per heavy atom. The second-order valence-electron chi connectivity index (χ2n) is 6.06. The molecule has 0 bridgehead atoms. The average Bonchev–Trinajstić information content (AvgIpc) is 2.49. The summed E-state index contributed by atoms with van der Waals surface area (Å²) in [5.41, 5.74) is 1.22. The van der Waals surface area contributed by atoms with E-state index in [9.17, 15) is 9.90 Å². The van der Waals surface area contributed by atoms with E-state index in [1.165, 1.54) is 0 Å². The molecule has 114 valence electrons. The summed E-state index contributed by atoms with van der Waals surface area (Å²) in [6, 6.07) is 15.9. The van der Waals surface area contributed by atoms with Gasteiger partial charge in [0.25, 0.3) is 0 Å². The number of hydrogen-bond acceptors (Lipinski definition) is 4. The van der Waals surface area contributed by atoms with Crippen LogP contribution in [0, 0.1) is 0 Å². The molecule has 0 aromatic heterocycles. The van der Waals surface area contributed by atoms with Crippen molar-refractivity contribution in [1.29, 1.82) is 0 Å². The molecule has 22 heavy (non-hydrogen) atoms. The van der Waals surface area contributed by atoms with Crippen molar-refractivity contribution >= 4 is 5.97 Å². The van der Waals surface area contributed by atoms with Crippen LogP contribution in [0.15, 0.2) is 54.6 Å². The van der Waals surface area contributed by atoms with Gasteiger partial charge in [0.1, 0.15) is 17.4 Å². The van der Waals surface area contributed by atoms with Crippen molar-refractivity contribution in [3.8, 4) is 5.75 Å². The van der Waals surface area contributed by atoms with Crippen LogP contribution in [-0.4, -0.2) is 16.7 Å². The first-order valence-electron chi connectivity index (χ1n) is 7.30. The van der Waals surface area contributed by atoms with E-state index < -0.39 is 11.6 Å². The van der Waals surface area contributed by atoms with E-state index in [2.05, 4.69) is 5.32 Å². The highest BCUT2D eigenvalue weighted by Crippen LogP contribution is 2.37. The average molecular weight is 297 g/mol. The van der Waals surface area contributed by atoms with Gasteiger partial charge in [-0.05, 0) is 37.1 Å². The third-order valence-corrected chi connectivity index (χ3v) is 3.99. The van der Waals surface area contributed by atoms with Crippen LogP contribution in [0.3, 0.4) is 0 Å². The standard InChI is InChI=1S/C18H19NO3/c1-18(2)16(13-6-4-3-5-7-13)19-15(17(21)22-18)12-8-10-14(20)11-9-12/h3-11,15-16,19-20H,1-2H3/t15-,16-/m0/s1. The van der Waals surface area contributed by atoms with Crippen LogP contribution in [0.5, 0.6) is 5.75 Å². The molecule has 2 atom stereocenters. The van der Waals surface area contributed by atoms with Crippen molar-refractivity contribution in [3.05, 3.63) is 65.7 Å². The van der Waals surface area contributed by atoms with Gasteiger partial charge in [0.15, 0.2) is 0 Å². The lowest BCUT2D eigenvalue weighted by atomic mass is 9.88. The van der Waals surface area contributed by atoms with Crippen LogP contribution in [-0.2, 0) is 9.53 Å². The number of rotatable bonds is 2. The van der Waals surface area contributed by atoms with Crippen LogP contribution in [0.25, 0.3) is 0 Å². The molecule has 1 fully saturated rings. The van der Waals surface area contributed by atoms with E-state index in [-0.39, 0.29) is 17.8 Å². The number of phenolic OH excluding ortho intramolecular Hbond substituents is 1. The number of phenols is 1.